The van der Waals surface area contributed by atoms with Crippen molar-refractivity contribution in [2.75, 3.05) is 18.8 Å². The number of fused-ring (bicyclic) bond motifs is 1. The Balaban J connectivity index is 1.19. The first-order chi connectivity index (χ1) is 19.9. The van der Waals surface area contributed by atoms with Gasteiger partial charge in [0.2, 0.25) is 0 Å². The molecule has 3 N–H and O–H groups in total. The summed E-state index contributed by atoms with van der Waals surface area (Å²) in [5.41, 5.74) is 10.8. The number of rotatable bonds is 5. The van der Waals surface area contributed by atoms with Crippen LogP contribution < -0.4 is 11.3 Å². The normalized spacial score (nSPS) is 16.9. The number of carbonyl (C=O) groups excluding carboxylic acids is 1. The maximum Gasteiger partial charge on any atom is 0.264 e. The maximum atomic E-state index is 13.4. The Labute approximate surface area is 236 Å². The molecule has 2 unspecified atom stereocenters. The van der Waals surface area contributed by atoms with Crippen LogP contribution in [0, 0.1) is 18.3 Å². The van der Waals surface area contributed by atoms with E-state index in [4.69, 9.17) is 12.2 Å². The molecule has 2 atom stereocenters. The number of piperidine rings is 1. The second kappa shape index (κ2) is 10.8. The van der Waals surface area contributed by atoms with Gasteiger partial charge in [-0.05, 0) is 54.4 Å². The third-order valence-corrected chi connectivity index (χ3v) is 7.65. The van der Waals surface area contributed by atoms with Crippen LogP contribution in [0.3, 0.4) is 0 Å². The van der Waals surface area contributed by atoms with E-state index in [0.29, 0.717) is 41.8 Å². The Morgan fingerprint density at radius 3 is 2.56 bits per heavy atom. The second-order valence-electron chi connectivity index (χ2n) is 10.2. The number of terminal acetylenes is 1. The van der Waals surface area contributed by atoms with E-state index in [9.17, 15) is 14.7 Å². The number of aliphatic hydroxyl groups excluding tert-OH is 1. The lowest BCUT2D eigenvalue weighted by Crippen LogP contribution is -2.48. The number of nitrogens with zero attached hydrogens (tertiary/aromatic N) is 5. The molecule has 0 bridgehead atoms. The topological polar surface area (TPSA) is 119 Å². The predicted molar refractivity (Wildman–Crippen MR) is 157 cm³/mol. The molecule has 1 fully saturated rings. The lowest BCUT2D eigenvalue weighted by Gasteiger charge is -2.36. The number of para-hydroxylation sites is 1. The zero-order chi connectivity index (χ0) is 28.5. The van der Waals surface area contributed by atoms with E-state index in [1.54, 1.807) is 33.8 Å². The minimum atomic E-state index is -0.650. The highest BCUT2D eigenvalue weighted by Gasteiger charge is 2.31. The largest absolute Gasteiger partial charge is 0.398 e. The Bertz CT molecular complexity index is 1830. The van der Waals surface area contributed by atoms with Gasteiger partial charge in [-0.15, -0.1) is 6.42 Å². The number of carbonyl (C=O) groups is 1. The number of aliphatic hydroxyl groups is 1. The number of nitrogens with two attached hydrogens (primary N) is 1. The molecule has 1 aliphatic rings. The van der Waals surface area contributed by atoms with Gasteiger partial charge >= 0.3 is 0 Å². The fourth-order valence-corrected chi connectivity index (χ4v) is 5.34. The second-order valence-corrected chi connectivity index (χ2v) is 10.2. The molecule has 5 aromatic rings. The van der Waals surface area contributed by atoms with Gasteiger partial charge < -0.3 is 15.7 Å². The van der Waals surface area contributed by atoms with Gasteiger partial charge in [0, 0.05) is 47.9 Å². The molecule has 1 amide bonds. The third-order valence-electron chi connectivity index (χ3n) is 7.65. The Morgan fingerprint density at radius 1 is 1.07 bits per heavy atom. The van der Waals surface area contributed by atoms with Crippen LogP contribution in [-0.2, 0) is 6.54 Å². The summed E-state index contributed by atoms with van der Waals surface area (Å²) in [7, 11) is 0. The number of hydrogen-bond acceptors (Lipinski definition) is 6. The van der Waals surface area contributed by atoms with E-state index in [1.165, 1.54) is 17.1 Å². The van der Waals surface area contributed by atoms with Crippen LogP contribution >= 0.6 is 0 Å². The first-order valence-electron chi connectivity index (χ1n) is 13.4. The van der Waals surface area contributed by atoms with Crippen molar-refractivity contribution < 1.29 is 9.90 Å². The van der Waals surface area contributed by atoms with E-state index in [2.05, 4.69) is 16.0 Å². The highest BCUT2D eigenvalue weighted by Crippen LogP contribution is 2.27. The Morgan fingerprint density at radius 2 is 1.83 bits per heavy atom. The molecule has 9 nitrogen and oxygen atoms in total. The molecule has 1 saturated heterocycles. The molecule has 3 heterocycles. The summed E-state index contributed by atoms with van der Waals surface area (Å²) >= 11 is 0. The number of hydrogen-bond donors (Lipinski definition) is 2. The summed E-state index contributed by atoms with van der Waals surface area (Å²) in [5, 5.41) is 15.5. The summed E-state index contributed by atoms with van der Waals surface area (Å²) in [6.07, 6.45) is 8.18. The standard InChI is InChI=1S/C32H28N6O3/c1-2-21-7-13-25(14-8-21)38-30-27(17-35-38)32(41)37(20-34-30)19-24-18-36(16-15-29(24)39)31(40)23-11-9-22(10-12-23)26-5-3-4-6-28(26)33/h1,3-14,17,20,24,29,39H,15-16,18-19,33H2. The van der Waals surface area contributed by atoms with Crippen molar-refractivity contribution >= 4 is 22.6 Å². The van der Waals surface area contributed by atoms with Crippen molar-refractivity contribution in [1.82, 2.24) is 24.2 Å². The van der Waals surface area contributed by atoms with Crippen molar-refractivity contribution in [3.63, 3.8) is 0 Å². The Kier molecular flexibility index (Phi) is 6.83. The number of amides is 1. The predicted octanol–water partition coefficient (Wildman–Crippen LogP) is 3.34. The van der Waals surface area contributed by atoms with Gasteiger partial charge in [-0.2, -0.15) is 5.10 Å². The highest BCUT2D eigenvalue weighted by molar-refractivity contribution is 5.95. The van der Waals surface area contributed by atoms with Gasteiger partial charge in [0.1, 0.15) is 5.39 Å². The van der Waals surface area contributed by atoms with Crippen molar-refractivity contribution in [3.8, 4) is 29.2 Å². The lowest BCUT2D eigenvalue weighted by atomic mass is 9.93. The fourth-order valence-electron chi connectivity index (χ4n) is 5.34. The molecule has 3 aromatic carbocycles. The van der Waals surface area contributed by atoms with Gasteiger partial charge in [0.25, 0.3) is 11.5 Å². The van der Waals surface area contributed by atoms with Crippen molar-refractivity contribution in [1.29, 1.82) is 0 Å². The quantitative estimate of drug-likeness (QED) is 0.259. The minimum Gasteiger partial charge on any atom is -0.398 e. The zero-order valence-corrected chi connectivity index (χ0v) is 22.2. The van der Waals surface area contributed by atoms with E-state index < -0.39 is 6.10 Å². The average molecular weight is 545 g/mol. The number of benzene rings is 3. The van der Waals surface area contributed by atoms with Crippen LogP contribution in [0.1, 0.15) is 22.3 Å². The molecule has 6 rings (SSSR count). The van der Waals surface area contributed by atoms with Gasteiger partial charge in [0.05, 0.1) is 24.3 Å². The number of nitrogen functional groups attached to an aromatic ring is 1. The van der Waals surface area contributed by atoms with Crippen LogP contribution in [-0.4, -0.2) is 54.4 Å². The van der Waals surface area contributed by atoms with Gasteiger partial charge in [0.15, 0.2) is 5.65 Å². The molecule has 9 heteroatoms. The fraction of sp³-hybridized carbons (Fsp3) is 0.188. The first-order valence-corrected chi connectivity index (χ1v) is 13.4. The van der Waals surface area contributed by atoms with E-state index in [1.807, 2.05) is 48.5 Å². The molecule has 0 aliphatic carbocycles. The monoisotopic (exact) mass is 544 g/mol. The Hall–Kier alpha value is -5.20. The third kappa shape index (κ3) is 4.97. The van der Waals surface area contributed by atoms with Crippen LogP contribution in [0.15, 0.2) is 90.1 Å². The minimum absolute atomic E-state index is 0.118. The van der Waals surface area contributed by atoms with Crippen molar-refractivity contribution in [3.05, 3.63) is 107 Å². The van der Waals surface area contributed by atoms with E-state index >= 15 is 0 Å². The lowest BCUT2D eigenvalue weighted by molar-refractivity contribution is 0.0180. The number of anilines is 1. The van der Waals surface area contributed by atoms with Gasteiger partial charge in [-0.1, -0.05) is 36.3 Å². The van der Waals surface area contributed by atoms with Crippen LogP contribution in [0.5, 0.6) is 0 Å². The van der Waals surface area contributed by atoms with Crippen LogP contribution in [0.25, 0.3) is 27.8 Å². The average Bonchev–Trinajstić information content (AvgIpc) is 3.44. The highest BCUT2D eigenvalue weighted by atomic mass is 16.3. The van der Waals surface area contributed by atoms with Gasteiger partial charge in [-0.25, -0.2) is 9.67 Å². The first kappa shape index (κ1) is 26.0. The summed E-state index contributed by atoms with van der Waals surface area (Å²) in [6.45, 7) is 0.973. The van der Waals surface area contributed by atoms with Crippen LogP contribution in [0.2, 0.25) is 0 Å². The molecule has 1 aliphatic heterocycles. The summed E-state index contributed by atoms with van der Waals surface area (Å²) in [4.78, 5) is 32.9. The molecule has 2 aromatic heterocycles. The molecular formula is C32H28N6O3. The van der Waals surface area contributed by atoms with E-state index in [-0.39, 0.29) is 23.9 Å². The maximum absolute atomic E-state index is 13.4. The molecule has 0 spiro atoms. The molecule has 0 saturated carbocycles. The molecular weight excluding hydrogens is 516 g/mol. The number of likely N-dealkylation sites (tertiary alicyclic amines) is 1. The number of aromatic nitrogens is 4. The SMILES string of the molecule is C#Cc1ccc(-n2ncc3c(=O)n(CC4CN(C(=O)c5ccc(-c6ccccc6N)cc5)CCC4O)cnc32)cc1. The van der Waals surface area contributed by atoms with Gasteiger partial charge in [-0.3, -0.25) is 14.2 Å². The van der Waals surface area contributed by atoms with Crippen LogP contribution in [0.4, 0.5) is 5.69 Å². The summed E-state index contributed by atoms with van der Waals surface area (Å²) in [6, 6.07) is 22.2. The summed E-state index contributed by atoms with van der Waals surface area (Å²) in [5.74, 6) is 2.13. The van der Waals surface area contributed by atoms with Crippen molar-refractivity contribution in [2.45, 2.75) is 19.1 Å². The summed E-state index contributed by atoms with van der Waals surface area (Å²) < 4.78 is 3.07. The molecule has 41 heavy (non-hydrogen) atoms. The zero-order valence-electron chi connectivity index (χ0n) is 22.2. The smallest absolute Gasteiger partial charge is 0.264 e. The van der Waals surface area contributed by atoms with Crippen molar-refractivity contribution in [2.24, 2.45) is 5.92 Å². The van der Waals surface area contributed by atoms with E-state index in [0.717, 1.165) is 22.4 Å². The molecule has 204 valence electrons. The molecule has 0 radical (unpaired) electrons.